The van der Waals surface area contributed by atoms with E-state index in [1.54, 1.807) is 0 Å². The van der Waals surface area contributed by atoms with Crippen LogP contribution in [0.4, 0.5) is 5.69 Å². The average molecular weight is 313 g/mol. The molecule has 98 valence electrons. The molecule has 0 unspecified atom stereocenters. The molecule has 18 heavy (non-hydrogen) atoms. The van der Waals surface area contributed by atoms with Crippen molar-refractivity contribution in [3.63, 3.8) is 0 Å². The Kier molecular flexibility index (Phi) is 4.74. The van der Waals surface area contributed by atoms with Gasteiger partial charge in [-0.05, 0) is 40.9 Å². The summed E-state index contributed by atoms with van der Waals surface area (Å²) in [5.41, 5.74) is 0.780. The normalized spacial score (nSPS) is 14.8. The van der Waals surface area contributed by atoms with E-state index in [1.165, 1.54) is 0 Å². The number of nitrogens with one attached hydrogen (secondary N) is 1. The summed E-state index contributed by atoms with van der Waals surface area (Å²) in [6.45, 7) is 0.999. The maximum Gasteiger partial charge on any atom is 0.238 e. The second-order valence-electron chi connectivity index (χ2n) is 4.45. The molecule has 0 aromatic heterocycles. The maximum absolute atomic E-state index is 11.9. The van der Waals surface area contributed by atoms with Crippen LogP contribution in [0, 0.1) is 0 Å². The highest BCUT2D eigenvalue weighted by Crippen LogP contribution is 2.26. The van der Waals surface area contributed by atoms with Crippen molar-refractivity contribution in [2.45, 2.75) is 18.9 Å². The number of amides is 1. The lowest BCUT2D eigenvalue weighted by atomic mass is 10.3. The van der Waals surface area contributed by atoms with Crippen molar-refractivity contribution in [1.29, 1.82) is 0 Å². The number of rotatable bonds is 6. The van der Waals surface area contributed by atoms with Gasteiger partial charge in [-0.25, -0.2) is 0 Å². The standard InChI is InChI=1S/C13H17BrN2O2/c14-11-3-1-2-4-12(11)15-13(18)9-16(7-8-17)10-5-6-10/h1-4,10,17H,5-9H2,(H,15,18). The number of carbonyl (C=O) groups is 1. The molecule has 0 atom stereocenters. The molecule has 0 heterocycles. The fourth-order valence-electron chi connectivity index (χ4n) is 1.90. The van der Waals surface area contributed by atoms with Crippen LogP contribution in [0.3, 0.4) is 0 Å². The van der Waals surface area contributed by atoms with Crippen LogP contribution in [0.2, 0.25) is 0 Å². The van der Waals surface area contributed by atoms with Gasteiger partial charge in [-0.1, -0.05) is 12.1 Å². The molecule has 0 radical (unpaired) electrons. The third kappa shape index (κ3) is 3.80. The lowest BCUT2D eigenvalue weighted by Crippen LogP contribution is -2.36. The van der Waals surface area contributed by atoms with Crippen LogP contribution in [0.1, 0.15) is 12.8 Å². The van der Waals surface area contributed by atoms with Gasteiger partial charge in [0.15, 0.2) is 0 Å². The Morgan fingerprint density at radius 1 is 1.44 bits per heavy atom. The number of carbonyl (C=O) groups excluding carboxylic acids is 1. The molecule has 0 aliphatic heterocycles. The highest BCUT2D eigenvalue weighted by atomic mass is 79.9. The lowest BCUT2D eigenvalue weighted by Gasteiger charge is -2.20. The van der Waals surface area contributed by atoms with Crippen LogP contribution in [0.25, 0.3) is 0 Å². The molecule has 1 amide bonds. The molecule has 1 fully saturated rings. The van der Waals surface area contributed by atoms with Crippen LogP contribution >= 0.6 is 15.9 Å². The molecule has 1 saturated carbocycles. The smallest absolute Gasteiger partial charge is 0.238 e. The van der Waals surface area contributed by atoms with Gasteiger partial charge in [-0.15, -0.1) is 0 Å². The van der Waals surface area contributed by atoms with Crippen molar-refractivity contribution in [2.75, 3.05) is 25.0 Å². The zero-order valence-corrected chi connectivity index (χ0v) is 11.7. The van der Waals surface area contributed by atoms with Gasteiger partial charge in [0.2, 0.25) is 5.91 Å². The van der Waals surface area contributed by atoms with Crippen LogP contribution in [-0.2, 0) is 4.79 Å². The Morgan fingerprint density at radius 2 is 2.17 bits per heavy atom. The third-order valence-corrected chi connectivity index (χ3v) is 3.64. The first-order valence-electron chi connectivity index (χ1n) is 6.10. The van der Waals surface area contributed by atoms with Crippen LogP contribution in [-0.4, -0.2) is 41.7 Å². The molecule has 1 aliphatic rings. The number of nitrogens with zero attached hydrogens (tertiary/aromatic N) is 1. The number of hydrogen-bond acceptors (Lipinski definition) is 3. The van der Waals surface area contributed by atoms with Crippen molar-refractivity contribution >= 4 is 27.5 Å². The minimum Gasteiger partial charge on any atom is -0.395 e. The molecule has 0 bridgehead atoms. The Bertz CT molecular complexity index is 421. The van der Waals surface area contributed by atoms with Gasteiger partial charge in [0, 0.05) is 17.1 Å². The van der Waals surface area contributed by atoms with Gasteiger partial charge in [0.1, 0.15) is 0 Å². The molecule has 2 rings (SSSR count). The van der Waals surface area contributed by atoms with Gasteiger partial charge in [0.05, 0.1) is 18.8 Å². The molecule has 0 spiro atoms. The summed E-state index contributed by atoms with van der Waals surface area (Å²) < 4.78 is 0.874. The summed E-state index contributed by atoms with van der Waals surface area (Å²) >= 11 is 3.39. The number of para-hydroxylation sites is 1. The van der Waals surface area contributed by atoms with E-state index in [-0.39, 0.29) is 12.5 Å². The van der Waals surface area contributed by atoms with Crippen molar-refractivity contribution in [3.8, 4) is 0 Å². The summed E-state index contributed by atoms with van der Waals surface area (Å²) in [6.07, 6.45) is 2.25. The Balaban J connectivity index is 1.89. The number of hydrogen-bond donors (Lipinski definition) is 2. The topological polar surface area (TPSA) is 52.6 Å². The summed E-state index contributed by atoms with van der Waals surface area (Å²) in [7, 11) is 0. The van der Waals surface area contributed by atoms with E-state index in [2.05, 4.69) is 21.2 Å². The highest BCUT2D eigenvalue weighted by molar-refractivity contribution is 9.10. The molecule has 1 aliphatic carbocycles. The van der Waals surface area contributed by atoms with Crippen LogP contribution < -0.4 is 5.32 Å². The molecule has 2 N–H and O–H groups in total. The van der Waals surface area contributed by atoms with Crippen molar-refractivity contribution in [3.05, 3.63) is 28.7 Å². The zero-order valence-electron chi connectivity index (χ0n) is 10.1. The van der Waals surface area contributed by atoms with Gasteiger partial charge in [-0.3, -0.25) is 9.69 Å². The molecule has 4 nitrogen and oxygen atoms in total. The minimum atomic E-state index is -0.0396. The van der Waals surface area contributed by atoms with Crippen molar-refractivity contribution < 1.29 is 9.90 Å². The quantitative estimate of drug-likeness (QED) is 0.843. The molecule has 1 aromatic carbocycles. The fraction of sp³-hybridized carbons (Fsp3) is 0.462. The molecule has 5 heteroatoms. The van der Waals surface area contributed by atoms with E-state index in [4.69, 9.17) is 5.11 Å². The first-order valence-corrected chi connectivity index (χ1v) is 6.89. The number of benzene rings is 1. The van der Waals surface area contributed by atoms with E-state index < -0.39 is 0 Å². The summed E-state index contributed by atoms with van der Waals surface area (Å²) in [6, 6.07) is 8.01. The summed E-state index contributed by atoms with van der Waals surface area (Å²) in [4.78, 5) is 14.0. The summed E-state index contributed by atoms with van der Waals surface area (Å²) in [5, 5.41) is 11.9. The average Bonchev–Trinajstić information content (AvgIpc) is 3.16. The van der Waals surface area contributed by atoms with E-state index >= 15 is 0 Å². The zero-order chi connectivity index (χ0) is 13.0. The Hall–Kier alpha value is -0.910. The van der Waals surface area contributed by atoms with Gasteiger partial charge in [0.25, 0.3) is 0 Å². The maximum atomic E-state index is 11.9. The number of halogens is 1. The molecular formula is C13H17BrN2O2. The van der Waals surface area contributed by atoms with Crippen molar-refractivity contribution in [2.24, 2.45) is 0 Å². The van der Waals surface area contributed by atoms with Crippen molar-refractivity contribution in [1.82, 2.24) is 4.90 Å². The predicted octanol–water partition coefficient (Wildman–Crippen LogP) is 1.84. The first kappa shape index (κ1) is 13.5. The number of aliphatic hydroxyl groups is 1. The third-order valence-electron chi connectivity index (χ3n) is 2.95. The highest BCUT2D eigenvalue weighted by Gasteiger charge is 2.29. The monoisotopic (exact) mass is 312 g/mol. The molecular weight excluding hydrogens is 296 g/mol. The largest absolute Gasteiger partial charge is 0.395 e. The second kappa shape index (κ2) is 6.31. The second-order valence-corrected chi connectivity index (χ2v) is 5.31. The Labute approximate surface area is 115 Å². The van der Waals surface area contributed by atoms with E-state index in [0.717, 1.165) is 23.0 Å². The first-order chi connectivity index (χ1) is 8.70. The van der Waals surface area contributed by atoms with E-state index in [0.29, 0.717) is 19.1 Å². The molecule has 1 aromatic rings. The van der Waals surface area contributed by atoms with Gasteiger partial charge < -0.3 is 10.4 Å². The van der Waals surface area contributed by atoms with E-state index in [9.17, 15) is 4.79 Å². The minimum absolute atomic E-state index is 0.0396. The van der Waals surface area contributed by atoms with Gasteiger partial charge >= 0.3 is 0 Å². The van der Waals surface area contributed by atoms with Gasteiger partial charge in [-0.2, -0.15) is 0 Å². The lowest BCUT2D eigenvalue weighted by molar-refractivity contribution is -0.117. The van der Waals surface area contributed by atoms with E-state index in [1.807, 2.05) is 29.2 Å². The fourth-order valence-corrected chi connectivity index (χ4v) is 2.28. The number of anilines is 1. The van der Waals surface area contributed by atoms with Crippen LogP contribution in [0.15, 0.2) is 28.7 Å². The summed E-state index contributed by atoms with van der Waals surface area (Å²) in [5.74, 6) is -0.0396. The predicted molar refractivity (Wildman–Crippen MR) is 74.5 cm³/mol. The Morgan fingerprint density at radius 3 is 2.78 bits per heavy atom. The molecule has 0 saturated heterocycles. The van der Waals surface area contributed by atoms with Crippen LogP contribution in [0.5, 0.6) is 0 Å². The SMILES string of the molecule is O=C(CN(CCO)C1CC1)Nc1ccccc1Br. The number of aliphatic hydroxyl groups excluding tert-OH is 1.